The highest BCUT2D eigenvalue weighted by Gasteiger charge is 2.19. The minimum Gasteiger partial charge on any atom is -0.471 e. The standard InChI is InChI=1S/C27H34F3N7O3/c1-5-22(31)24(37-34-13-20(38)14-39-4)15-40-26(36-27(32)33-3)21(11-17-6-8-19(28)9-7-17)18-10-16(2)35-23(12-18)25(29)30/h6-10,12,20,25,31,34,38H,3,5,11,13-15H2,1-2,4H3,(H2,32,36)/b26-21-,31-22?,37-24-. The maximum absolute atomic E-state index is 13.6. The number of nitrogens with two attached hydrogens (primary N) is 1. The van der Waals surface area contributed by atoms with Gasteiger partial charge in [0, 0.05) is 24.8 Å². The Balaban J connectivity index is 2.62. The number of benzene rings is 1. The molecule has 216 valence electrons. The Bertz CT molecular complexity index is 1250. The van der Waals surface area contributed by atoms with Crippen LogP contribution < -0.4 is 11.2 Å². The van der Waals surface area contributed by atoms with Crippen molar-refractivity contribution >= 4 is 29.7 Å². The van der Waals surface area contributed by atoms with Crippen molar-refractivity contribution in [2.45, 2.75) is 39.2 Å². The molecule has 0 bridgehead atoms. The molecule has 5 N–H and O–H groups in total. The van der Waals surface area contributed by atoms with Gasteiger partial charge in [0.05, 0.1) is 25.0 Å². The summed E-state index contributed by atoms with van der Waals surface area (Å²) in [6, 6.07) is 8.44. The zero-order valence-electron chi connectivity index (χ0n) is 22.6. The number of rotatable bonds is 15. The zero-order chi connectivity index (χ0) is 29.7. The van der Waals surface area contributed by atoms with Gasteiger partial charge in [-0.1, -0.05) is 19.1 Å². The second-order valence-corrected chi connectivity index (χ2v) is 8.59. The van der Waals surface area contributed by atoms with E-state index in [4.69, 9.17) is 20.6 Å². The summed E-state index contributed by atoms with van der Waals surface area (Å²) in [5, 5.41) is 22.3. The lowest BCUT2D eigenvalue weighted by Gasteiger charge is -2.17. The van der Waals surface area contributed by atoms with E-state index in [-0.39, 0.29) is 49.4 Å². The van der Waals surface area contributed by atoms with Crippen molar-refractivity contribution in [2.24, 2.45) is 20.8 Å². The van der Waals surface area contributed by atoms with Gasteiger partial charge in [0.15, 0.2) is 0 Å². The smallest absolute Gasteiger partial charge is 0.280 e. The number of aliphatic hydroxyl groups excluding tert-OH is 1. The van der Waals surface area contributed by atoms with Crippen LogP contribution in [-0.4, -0.2) is 67.2 Å². The average molecular weight is 562 g/mol. The minimum atomic E-state index is -2.83. The number of guanidine groups is 1. The van der Waals surface area contributed by atoms with E-state index in [9.17, 15) is 18.3 Å². The molecule has 0 aliphatic rings. The van der Waals surface area contributed by atoms with E-state index in [1.165, 1.54) is 25.3 Å². The Hall–Kier alpha value is -4.10. The number of ether oxygens (including phenoxy) is 2. The van der Waals surface area contributed by atoms with Gasteiger partial charge in [-0.05, 0) is 55.5 Å². The second kappa shape index (κ2) is 16.1. The number of hydrazone groups is 1. The van der Waals surface area contributed by atoms with E-state index in [2.05, 4.69) is 32.2 Å². The molecule has 0 spiro atoms. The third kappa shape index (κ3) is 10.2. The number of aliphatic hydroxyl groups is 1. The summed E-state index contributed by atoms with van der Waals surface area (Å²) in [6.07, 6.45) is -3.24. The van der Waals surface area contributed by atoms with Crippen LogP contribution in [0.5, 0.6) is 0 Å². The Morgan fingerprint density at radius 2 is 1.95 bits per heavy atom. The van der Waals surface area contributed by atoms with Crippen molar-refractivity contribution in [1.82, 2.24) is 10.4 Å². The highest BCUT2D eigenvalue weighted by Crippen LogP contribution is 2.29. The lowest BCUT2D eigenvalue weighted by molar-refractivity contribution is 0.0648. The van der Waals surface area contributed by atoms with Crippen molar-refractivity contribution in [1.29, 1.82) is 5.41 Å². The van der Waals surface area contributed by atoms with E-state index < -0.39 is 24.0 Å². The van der Waals surface area contributed by atoms with Crippen LogP contribution >= 0.6 is 0 Å². The van der Waals surface area contributed by atoms with Gasteiger partial charge in [-0.15, -0.1) is 0 Å². The molecule has 10 nitrogen and oxygen atoms in total. The third-order valence-corrected chi connectivity index (χ3v) is 5.42. The second-order valence-electron chi connectivity index (χ2n) is 8.59. The average Bonchev–Trinajstić information content (AvgIpc) is 2.93. The minimum absolute atomic E-state index is 0.0605. The van der Waals surface area contributed by atoms with Crippen LogP contribution in [0.4, 0.5) is 13.2 Å². The molecule has 1 atom stereocenters. The number of hydrogen-bond acceptors (Lipinski definition) is 8. The molecule has 0 saturated carbocycles. The number of alkyl halides is 2. The Kier molecular flexibility index (Phi) is 12.9. The molecule has 1 aromatic heterocycles. The number of halogens is 3. The molecule has 2 aromatic rings. The maximum Gasteiger partial charge on any atom is 0.280 e. The van der Waals surface area contributed by atoms with Gasteiger partial charge in [0.25, 0.3) is 6.43 Å². The Morgan fingerprint density at radius 1 is 1.25 bits per heavy atom. The summed E-state index contributed by atoms with van der Waals surface area (Å²) < 4.78 is 51.7. The van der Waals surface area contributed by atoms with E-state index in [0.29, 0.717) is 28.8 Å². The third-order valence-electron chi connectivity index (χ3n) is 5.42. The monoisotopic (exact) mass is 561 g/mol. The van der Waals surface area contributed by atoms with Crippen LogP contribution in [0.2, 0.25) is 0 Å². The molecule has 0 saturated heterocycles. The van der Waals surface area contributed by atoms with E-state index in [1.807, 2.05) is 0 Å². The van der Waals surface area contributed by atoms with Crippen molar-refractivity contribution in [2.75, 3.05) is 26.9 Å². The van der Waals surface area contributed by atoms with Crippen molar-refractivity contribution in [3.63, 3.8) is 0 Å². The summed E-state index contributed by atoms with van der Waals surface area (Å²) in [7, 11) is 1.45. The highest BCUT2D eigenvalue weighted by atomic mass is 19.3. The lowest BCUT2D eigenvalue weighted by Crippen LogP contribution is -2.30. The summed E-state index contributed by atoms with van der Waals surface area (Å²) >= 11 is 0. The lowest BCUT2D eigenvalue weighted by atomic mass is 9.97. The van der Waals surface area contributed by atoms with Crippen LogP contribution in [0.3, 0.4) is 0 Å². The SMILES string of the molecule is C=N/C(N)=N\C(OC/C(=N/NCC(O)COC)C(=N)CC)=C(/Cc1ccc(F)cc1)c1cc(C)nc(C(F)F)c1. The first kappa shape index (κ1) is 32.1. The van der Waals surface area contributed by atoms with Gasteiger partial charge in [-0.25, -0.2) is 18.2 Å². The Morgan fingerprint density at radius 3 is 2.55 bits per heavy atom. The topological polar surface area (TPSA) is 151 Å². The fourth-order valence-corrected chi connectivity index (χ4v) is 3.44. The molecule has 1 aromatic carbocycles. The first-order valence-electron chi connectivity index (χ1n) is 12.3. The number of methoxy groups -OCH3 is 1. The predicted molar refractivity (Wildman–Crippen MR) is 149 cm³/mol. The molecule has 1 unspecified atom stereocenters. The molecule has 0 fully saturated rings. The van der Waals surface area contributed by atoms with Gasteiger partial charge >= 0.3 is 0 Å². The number of allylic oxidation sites excluding steroid dienone is 1. The van der Waals surface area contributed by atoms with Gasteiger partial charge in [0.1, 0.15) is 23.8 Å². The Labute approximate surface area is 231 Å². The molecule has 1 heterocycles. The first-order valence-corrected chi connectivity index (χ1v) is 12.3. The normalized spacial score (nSPS) is 13.6. The largest absolute Gasteiger partial charge is 0.471 e. The summed E-state index contributed by atoms with van der Waals surface area (Å²) in [4.78, 5) is 11.7. The number of nitrogens with one attached hydrogen (secondary N) is 2. The highest BCUT2D eigenvalue weighted by molar-refractivity contribution is 6.41. The van der Waals surface area contributed by atoms with E-state index in [1.54, 1.807) is 32.0 Å². The molecule has 13 heteroatoms. The molecule has 0 radical (unpaired) electrons. The number of aliphatic imine (C=N–C) groups is 2. The molecule has 0 aliphatic heterocycles. The van der Waals surface area contributed by atoms with Gasteiger partial charge in [-0.2, -0.15) is 10.1 Å². The number of aromatic nitrogens is 1. The fraction of sp³-hybridized carbons (Fsp3) is 0.370. The molecule has 0 aliphatic carbocycles. The molecule has 40 heavy (non-hydrogen) atoms. The maximum atomic E-state index is 13.6. The van der Waals surface area contributed by atoms with Crippen LogP contribution in [0.15, 0.2) is 57.4 Å². The number of nitrogens with zero attached hydrogens (tertiary/aromatic N) is 4. The van der Waals surface area contributed by atoms with Crippen LogP contribution in [-0.2, 0) is 15.9 Å². The van der Waals surface area contributed by atoms with Crippen molar-refractivity contribution < 1.29 is 27.8 Å². The fourth-order valence-electron chi connectivity index (χ4n) is 3.44. The van der Waals surface area contributed by atoms with Gasteiger partial charge in [-0.3, -0.25) is 4.98 Å². The quantitative estimate of drug-likeness (QED) is 0.112. The van der Waals surface area contributed by atoms with Crippen molar-refractivity contribution in [3.05, 3.63) is 70.6 Å². The number of aryl methyl sites for hydroxylation is 1. The van der Waals surface area contributed by atoms with Crippen LogP contribution in [0.1, 0.15) is 42.3 Å². The van der Waals surface area contributed by atoms with E-state index in [0.717, 1.165) is 0 Å². The van der Waals surface area contributed by atoms with E-state index >= 15 is 0 Å². The van der Waals surface area contributed by atoms with Gasteiger partial charge in [0.2, 0.25) is 11.8 Å². The summed E-state index contributed by atoms with van der Waals surface area (Å²) in [5.74, 6) is -0.780. The summed E-state index contributed by atoms with van der Waals surface area (Å²) in [5.41, 5.74) is 10.1. The van der Waals surface area contributed by atoms with Crippen LogP contribution in [0, 0.1) is 18.2 Å². The predicted octanol–water partition coefficient (Wildman–Crippen LogP) is 3.79. The number of hydrogen-bond donors (Lipinski definition) is 4. The first-order chi connectivity index (χ1) is 19.1. The van der Waals surface area contributed by atoms with Crippen LogP contribution in [0.25, 0.3) is 5.57 Å². The molecular weight excluding hydrogens is 527 g/mol. The molecule has 2 rings (SSSR count). The van der Waals surface area contributed by atoms with Crippen molar-refractivity contribution in [3.8, 4) is 0 Å². The zero-order valence-corrected chi connectivity index (χ0v) is 22.6. The number of pyridine rings is 1. The van der Waals surface area contributed by atoms with Gasteiger partial charge < -0.3 is 31.1 Å². The summed E-state index contributed by atoms with van der Waals surface area (Å²) in [6.45, 7) is 6.59. The molecular formula is C27H34F3N7O3. The molecule has 0 amide bonds.